The van der Waals surface area contributed by atoms with Gasteiger partial charge >= 0.3 is 0 Å². The van der Waals surface area contributed by atoms with E-state index in [0.29, 0.717) is 12.5 Å². The first-order valence-electron chi connectivity index (χ1n) is 5.91. The number of aryl methyl sites for hydroxylation is 1. The van der Waals surface area contributed by atoms with Crippen molar-refractivity contribution in [3.05, 3.63) is 28.2 Å². The average molecular weight is 370 g/mol. The van der Waals surface area contributed by atoms with Gasteiger partial charge in [0.05, 0.1) is 4.90 Å². The van der Waals surface area contributed by atoms with E-state index < -0.39 is 10.0 Å². The fourth-order valence-electron chi connectivity index (χ4n) is 1.76. The van der Waals surface area contributed by atoms with E-state index in [2.05, 4.69) is 20.7 Å². The van der Waals surface area contributed by atoms with Gasteiger partial charge in [0.1, 0.15) is 0 Å². The topological polar surface area (TPSA) is 72.2 Å². The molecule has 1 fully saturated rings. The lowest BCUT2D eigenvalue weighted by atomic mass is 10.2. The second kappa shape index (κ2) is 6.54. The van der Waals surface area contributed by atoms with Crippen molar-refractivity contribution in [1.29, 1.82) is 0 Å². The molecule has 0 aromatic heterocycles. The van der Waals surface area contributed by atoms with Crippen LogP contribution in [0.25, 0.3) is 0 Å². The molecule has 0 bridgehead atoms. The Morgan fingerprint density at radius 2 is 2.11 bits per heavy atom. The molecule has 0 saturated heterocycles. The molecule has 19 heavy (non-hydrogen) atoms. The molecule has 2 rings (SSSR count). The highest BCUT2D eigenvalue weighted by atomic mass is 79.9. The van der Waals surface area contributed by atoms with Gasteiger partial charge in [0.2, 0.25) is 10.0 Å². The number of sulfonamides is 1. The molecule has 1 aliphatic rings. The second-order valence-electron chi connectivity index (χ2n) is 4.76. The van der Waals surface area contributed by atoms with Crippen LogP contribution in [0.15, 0.2) is 27.6 Å². The SMILES string of the molecule is Cc1cc(S(=O)(=O)NCC(N)C2CC2)ccc1Br.Cl. The van der Waals surface area contributed by atoms with Crippen molar-refractivity contribution in [2.45, 2.75) is 30.7 Å². The van der Waals surface area contributed by atoms with E-state index in [0.717, 1.165) is 22.9 Å². The third-order valence-electron chi connectivity index (χ3n) is 3.18. The van der Waals surface area contributed by atoms with Gasteiger partial charge in [0.25, 0.3) is 0 Å². The predicted molar refractivity (Wildman–Crippen MR) is 82.0 cm³/mol. The Balaban J connectivity index is 0.00000180. The third-order valence-corrected chi connectivity index (χ3v) is 5.49. The van der Waals surface area contributed by atoms with Gasteiger partial charge in [-0.05, 0) is 49.4 Å². The van der Waals surface area contributed by atoms with Crippen LogP contribution in [-0.4, -0.2) is 21.0 Å². The molecular weight excluding hydrogens is 352 g/mol. The standard InChI is InChI=1S/C12H17BrN2O2S.ClH/c1-8-6-10(4-5-11(8)13)18(16,17)15-7-12(14)9-2-3-9;/h4-6,9,12,15H,2-3,7,14H2,1H3;1H. The monoisotopic (exact) mass is 368 g/mol. The summed E-state index contributed by atoms with van der Waals surface area (Å²) in [5.41, 5.74) is 6.78. The first kappa shape index (κ1) is 16.9. The molecule has 1 atom stereocenters. The van der Waals surface area contributed by atoms with E-state index in [9.17, 15) is 8.42 Å². The molecule has 0 aliphatic heterocycles. The van der Waals surface area contributed by atoms with Gasteiger partial charge in [0, 0.05) is 17.1 Å². The van der Waals surface area contributed by atoms with Crippen molar-refractivity contribution in [2.75, 3.05) is 6.54 Å². The number of rotatable bonds is 5. The van der Waals surface area contributed by atoms with Gasteiger partial charge < -0.3 is 5.73 Å². The molecule has 1 aromatic carbocycles. The third kappa shape index (κ3) is 4.43. The number of halogens is 2. The molecular formula is C12H18BrClN2O2S. The van der Waals surface area contributed by atoms with Crippen LogP contribution in [-0.2, 0) is 10.0 Å². The summed E-state index contributed by atoms with van der Waals surface area (Å²) in [6.45, 7) is 2.17. The minimum Gasteiger partial charge on any atom is -0.326 e. The summed E-state index contributed by atoms with van der Waals surface area (Å²) in [5.74, 6) is 0.486. The molecule has 0 amide bonds. The highest BCUT2D eigenvalue weighted by Crippen LogP contribution is 2.31. The lowest BCUT2D eigenvalue weighted by Crippen LogP contribution is -2.38. The van der Waals surface area contributed by atoms with Crippen molar-refractivity contribution in [3.8, 4) is 0 Å². The number of benzene rings is 1. The van der Waals surface area contributed by atoms with Crippen molar-refractivity contribution in [3.63, 3.8) is 0 Å². The van der Waals surface area contributed by atoms with Gasteiger partial charge in [-0.15, -0.1) is 12.4 Å². The van der Waals surface area contributed by atoms with Gasteiger partial charge in [-0.2, -0.15) is 0 Å². The Morgan fingerprint density at radius 3 is 2.63 bits per heavy atom. The van der Waals surface area contributed by atoms with Crippen molar-refractivity contribution >= 4 is 38.4 Å². The van der Waals surface area contributed by atoms with Crippen LogP contribution in [0.1, 0.15) is 18.4 Å². The molecule has 4 nitrogen and oxygen atoms in total. The Bertz CT molecular complexity index is 547. The fourth-order valence-corrected chi connectivity index (χ4v) is 3.17. The second-order valence-corrected chi connectivity index (χ2v) is 7.39. The van der Waals surface area contributed by atoms with E-state index in [1.165, 1.54) is 0 Å². The minimum absolute atomic E-state index is 0. The fraction of sp³-hybridized carbons (Fsp3) is 0.500. The molecule has 3 N–H and O–H groups in total. The Kier molecular flexibility index (Phi) is 5.82. The normalized spacial score (nSPS) is 16.8. The van der Waals surface area contributed by atoms with Crippen LogP contribution in [0.2, 0.25) is 0 Å². The van der Waals surface area contributed by atoms with E-state index in [4.69, 9.17) is 5.73 Å². The zero-order chi connectivity index (χ0) is 13.3. The van der Waals surface area contributed by atoms with E-state index >= 15 is 0 Å². The van der Waals surface area contributed by atoms with Gasteiger partial charge in [-0.25, -0.2) is 13.1 Å². The average Bonchev–Trinajstić information content (AvgIpc) is 3.13. The maximum absolute atomic E-state index is 12.1. The molecule has 0 spiro atoms. The van der Waals surface area contributed by atoms with E-state index in [1.807, 2.05) is 6.92 Å². The molecule has 1 aromatic rings. The summed E-state index contributed by atoms with van der Waals surface area (Å²) in [4.78, 5) is 0.284. The quantitative estimate of drug-likeness (QED) is 0.835. The number of nitrogens with two attached hydrogens (primary N) is 1. The van der Waals surface area contributed by atoms with Crippen LogP contribution in [0.5, 0.6) is 0 Å². The van der Waals surface area contributed by atoms with Gasteiger partial charge in [-0.1, -0.05) is 15.9 Å². The Morgan fingerprint density at radius 1 is 1.47 bits per heavy atom. The lowest BCUT2D eigenvalue weighted by molar-refractivity contribution is 0.547. The smallest absolute Gasteiger partial charge is 0.240 e. The lowest BCUT2D eigenvalue weighted by Gasteiger charge is -2.12. The van der Waals surface area contributed by atoms with Gasteiger partial charge in [0.15, 0.2) is 0 Å². The van der Waals surface area contributed by atoms with Crippen LogP contribution < -0.4 is 10.5 Å². The minimum atomic E-state index is -3.45. The first-order chi connectivity index (χ1) is 8.40. The molecule has 1 saturated carbocycles. The highest BCUT2D eigenvalue weighted by Gasteiger charge is 2.29. The summed E-state index contributed by atoms with van der Waals surface area (Å²) in [7, 11) is -3.45. The summed E-state index contributed by atoms with van der Waals surface area (Å²) in [6.07, 6.45) is 2.22. The maximum Gasteiger partial charge on any atom is 0.240 e. The highest BCUT2D eigenvalue weighted by molar-refractivity contribution is 9.10. The summed E-state index contributed by atoms with van der Waals surface area (Å²) >= 11 is 3.35. The number of hydrogen-bond acceptors (Lipinski definition) is 3. The summed E-state index contributed by atoms with van der Waals surface area (Å²) in [6, 6.07) is 4.90. The molecule has 1 aliphatic carbocycles. The van der Waals surface area contributed by atoms with Gasteiger partial charge in [-0.3, -0.25) is 0 Å². The zero-order valence-electron chi connectivity index (χ0n) is 10.6. The van der Waals surface area contributed by atoms with E-state index in [-0.39, 0.29) is 23.3 Å². The first-order valence-corrected chi connectivity index (χ1v) is 8.19. The molecule has 7 heteroatoms. The summed E-state index contributed by atoms with van der Waals surface area (Å²) < 4.78 is 27.6. The van der Waals surface area contributed by atoms with Crippen LogP contribution in [0, 0.1) is 12.8 Å². The number of hydrogen-bond donors (Lipinski definition) is 2. The van der Waals surface area contributed by atoms with E-state index in [1.54, 1.807) is 18.2 Å². The summed E-state index contributed by atoms with van der Waals surface area (Å²) in [5, 5.41) is 0. The molecule has 1 unspecified atom stereocenters. The molecule has 108 valence electrons. The van der Waals surface area contributed by atoms with Crippen LogP contribution >= 0.6 is 28.3 Å². The van der Waals surface area contributed by atoms with Crippen LogP contribution in [0.4, 0.5) is 0 Å². The van der Waals surface area contributed by atoms with Crippen molar-refractivity contribution in [2.24, 2.45) is 11.7 Å². The molecule has 0 heterocycles. The zero-order valence-corrected chi connectivity index (χ0v) is 13.8. The van der Waals surface area contributed by atoms with Crippen LogP contribution in [0.3, 0.4) is 0 Å². The molecule has 0 radical (unpaired) electrons. The number of nitrogens with one attached hydrogen (secondary N) is 1. The Labute approximate surface area is 128 Å². The van der Waals surface area contributed by atoms with Crippen molar-refractivity contribution in [1.82, 2.24) is 4.72 Å². The Hall–Kier alpha value is -0.140. The largest absolute Gasteiger partial charge is 0.326 e. The maximum atomic E-state index is 12.1. The predicted octanol–water partition coefficient (Wildman–Crippen LogP) is 2.19. The van der Waals surface area contributed by atoms with Crippen molar-refractivity contribution < 1.29 is 8.42 Å².